The molecule has 1 aliphatic heterocycles. The largest absolute Gasteiger partial charge is 0.438 e. The first-order valence-corrected chi connectivity index (χ1v) is 9.52. The van der Waals surface area contributed by atoms with E-state index in [2.05, 4.69) is 6.92 Å². The average Bonchev–Trinajstić information content (AvgIpc) is 2.55. The molecule has 0 spiro atoms. The lowest BCUT2D eigenvalue weighted by molar-refractivity contribution is 0.221. The highest BCUT2D eigenvalue weighted by molar-refractivity contribution is 7.68. The molecule has 0 aliphatic carbocycles. The van der Waals surface area contributed by atoms with E-state index in [-0.39, 0.29) is 0 Å². The zero-order valence-electron chi connectivity index (χ0n) is 12.7. The maximum Gasteiger partial charge on any atom is 0.305 e. The summed E-state index contributed by atoms with van der Waals surface area (Å²) in [4.78, 5) is 0. The SMILES string of the molecule is CCCCCC(O)P1(=O)Oc2ccccc2-c2ccccc21. The predicted octanol–water partition coefficient (Wildman–Crippen LogP) is 4.55. The smallest absolute Gasteiger partial charge is 0.305 e. The molecule has 0 aromatic heterocycles. The van der Waals surface area contributed by atoms with Crippen LogP contribution in [-0.4, -0.2) is 11.0 Å². The number of hydrogen-bond acceptors (Lipinski definition) is 3. The number of fused-ring (bicyclic) bond motifs is 3. The van der Waals surface area contributed by atoms with Crippen LogP contribution in [0.4, 0.5) is 0 Å². The lowest BCUT2D eigenvalue weighted by Gasteiger charge is -2.31. The van der Waals surface area contributed by atoms with Crippen LogP contribution in [0.2, 0.25) is 0 Å². The van der Waals surface area contributed by atoms with Gasteiger partial charge in [-0.05, 0) is 24.1 Å². The predicted molar refractivity (Wildman–Crippen MR) is 89.9 cm³/mol. The summed E-state index contributed by atoms with van der Waals surface area (Å²) in [6.07, 6.45) is 3.45. The molecule has 4 heteroatoms. The summed E-state index contributed by atoms with van der Waals surface area (Å²) in [7, 11) is -3.31. The van der Waals surface area contributed by atoms with Crippen molar-refractivity contribution in [3.05, 3.63) is 48.5 Å². The Bertz CT molecular complexity index is 711. The summed E-state index contributed by atoms with van der Waals surface area (Å²) >= 11 is 0. The molecule has 2 unspecified atom stereocenters. The van der Waals surface area contributed by atoms with E-state index in [1.807, 2.05) is 48.5 Å². The number of unbranched alkanes of at least 4 members (excludes halogenated alkanes) is 2. The number of hydrogen-bond donors (Lipinski definition) is 1. The van der Waals surface area contributed by atoms with Crippen LogP contribution in [0.5, 0.6) is 5.75 Å². The monoisotopic (exact) mass is 316 g/mol. The molecule has 3 nitrogen and oxygen atoms in total. The second kappa shape index (κ2) is 6.28. The van der Waals surface area contributed by atoms with Crippen LogP contribution < -0.4 is 9.83 Å². The Hall–Kier alpha value is -1.57. The van der Waals surface area contributed by atoms with Gasteiger partial charge in [0.15, 0.2) is 0 Å². The Balaban J connectivity index is 2.02. The second-order valence-electron chi connectivity index (χ2n) is 5.68. The van der Waals surface area contributed by atoms with Crippen molar-refractivity contribution in [1.29, 1.82) is 0 Å². The minimum atomic E-state index is -3.31. The van der Waals surface area contributed by atoms with E-state index < -0.39 is 13.2 Å². The maximum atomic E-state index is 13.4. The van der Waals surface area contributed by atoms with Crippen LogP contribution >= 0.6 is 7.37 Å². The van der Waals surface area contributed by atoms with Crippen molar-refractivity contribution in [3.8, 4) is 16.9 Å². The Kier molecular flexibility index (Phi) is 4.37. The van der Waals surface area contributed by atoms with Crippen molar-refractivity contribution in [2.75, 3.05) is 0 Å². The summed E-state index contributed by atoms with van der Waals surface area (Å²) in [6.45, 7) is 2.11. The molecule has 2 aromatic rings. The molecule has 2 atom stereocenters. The number of benzene rings is 2. The highest BCUT2D eigenvalue weighted by Crippen LogP contribution is 2.57. The third-order valence-corrected chi connectivity index (χ3v) is 6.68. The van der Waals surface area contributed by atoms with Crippen LogP contribution in [-0.2, 0) is 4.57 Å². The van der Waals surface area contributed by atoms with Crippen molar-refractivity contribution < 1.29 is 14.2 Å². The van der Waals surface area contributed by atoms with Crippen LogP contribution in [0, 0.1) is 0 Å². The van der Waals surface area contributed by atoms with Crippen molar-refractivity contribution in [2.45, 2.75) is 38.5 Å². The molecule has 3 rings (SSSR count). The summed E-state index contributed by atoms with van der Waals surface area (Å²) < 4.78 is 19.3. The topological polar surface area (TPSA) is 46.5 Å². The zero-order valence-corrected chi connectivity index (χ0v) is 13.6. The normalized spacial score (nSPS) is 20.6. The lowest BCUT2D eigenvalue weighted by atomic mass is 10.0. The van der Waals surface area contributed by atoms with Gasteiger partial charge in [-0.15, -0.1) is 0 Å². The number of rotatable bonds is 5. The molecule has 0 radical (unpaired) electrons. The Morgan fingerprint density at radius 3 is 2.50 bits per heavy atom. The zero-order chi connectivity index (χ0) is 15.6. The van der Waals surface area contributed by atoms with Gasteiger partial charge in [0, 0.05) is 5.56 Å². The fourth-order valence-corrected chi connectivity index (χ4v) is 5.25. The van der Waals surface area contributed by atoms with E-state index in [4.69, 9.17) is 4.52 Å². The van der Waals surface area contributed by atoms with Crippen molar-refractivity contribution in [3.63, 3.8) is 0 Å². The lowest BCUT2D eigenvalue weighted by Crippen LogP contribution is -2.25. The standard InChI is InChI=1S/C18H21O3P/c1-2-3-4-13-18(19)22(20)17-12-8-6-10-15(17)14-9-5-7-11-16(14)21-22/h5-12,18-19H,2-4,13H2,1H3. The van der Waals surface area contributed by atoms with Crippen LogP contribution in [0.1, 0.15) is 32.6 Å². The van der Waals surface area contributed by atoms with E-state index in [1.165, 1.54) is 0 Å². The van der Waals surface area contributed by atoms with Crippen molar-refractivity contribution in [1.82, 2.24) is 0 Å². The molecule has 0 saturated heterocycles. The Morgan fingerprint density at radius 2 is 1.73 bits per heavy atom. The molecule has 0 saturated carbocycles. The second-order valence-corrected chi connectivity index (χ2v) is 8.13. The minimum Gasteiger partial charge on any atom is -0.438 e. The fraction of sp³-hybridized carbons (Fsp3) is 0.333. The first kappa shape index (κ1) is 15.3. The first-order valence-electron chi connectivity index (χ1n) is 7.83. The summed E-state index contributed by atoms with van der Waals surface area (Å²) in [6, 6.07) is 15.1. The number of para-hydroxylation sites is 1. The first-order chi connectivity index (χ1) is 10.7. The number of aliphatic hydroxyl groups is 1. The molecule has 0 amide bonds. The van der Waals surface area contributed by atoms with E-state index in [9.17, 15) is 9.67 Å². The van der Waals surface area contributed by atoms with E-state index >= 15 is 0 Å². The molecule has 22 heavy (non-hydrogen) atoms. The molecule has 1 aliphatic rings. The van der Waals surface area contributed by atoms with E-state index in [0.717, 1.165) is 30.4 Å². The third kappa shape index (κ3) is 2.60. The van der Waals surface area contributed by atoms with Gasteiger partial charge in [0.05, 0.1) is 5.30 Å². The maximum absolute atomic E-state index is 13.4. The van der Waals surface area contributed by atoms with Crippen LogP contribution in [0.25, 0.3) is 11.1 Å². The van der Waals surface area contributed by atoms with Gasteiger partial charge >= 0.3 is 7.37 Å². The molecule has 2 aromatic carbocycles. The Labute approximate surface area is 131 Å². The van der Waals surface area contributed by atoms with Gasteiger partial charge in [0.2, 0.25) is 0 Å². The minimum absolute atomic E-state index is 0.502. The molecular formula is C18H21O3P. The molecule has 116 valence electrons. The van der Waals surface area contributed by atoms with Crippen LogP contribution in [0.3, 0.4) is 0 Å². The molecule has 1 heterocycles. The fourth-order valence-electron chi connectivity index (χ4n) is 2.91. The van der Waals surface area contributed by atoms with Crippen LogP contribution in [0.15, 0.2) is 48.5 Å². The quantitative estimate of drug-likeness (QED) is 0.650. The third-order valence-electron chi connectivity index (χ3n) is 4.11. The Morgan fingerprint density at radius 1 is 1.05 bits per heavy atom. The van der Waals surface area contributed by atoms with Gasteiger partial charge in [-0.25, -0.2) is 0 Å². The van der Waals surface area contributed by atoms with Gasteiger partial charge < -0.3 is 9.63 Å². The van der Waals surface area contributed by atoms with E-state index in [0.29, 0.717) is 17.5 Å². The highest BCUT2D eigenvalue weighted by Gasteiger charge is 2.41. The molecule has 0 bridgehead atoms. The van der Waals surface area contributed by atoms with Crippen molar-refractivity contribution >= 4 is 12.7 Å². The van der Waals surface area contributed by atoms with Crippen molar-refractivity contribution in [2.24, 2.45) is 0 Å². The number of aliphatic hydroxyl groups excluding tert-OH is 1. The molecule has 1 N–H and O–H groups in total. The average molecular weight is 316 g/mol. The molecular weight excluding hydrogens is 295 g/mol. The summed E-state index contributed by atoms with van der Waals surface area (Å²) in [5, 5.41) is 11.2. The summed E-state index contributed by atoms with van der Waals surface area (Å²) in [5.41, 5.74) is 1.84. The van der Waals surface area contributed by atoms with Gasteiger partial charge in [0.25, 0.3) is 0 Å². The van der Waals surface area contributed by atoms with Gasteiger partial charge in [-0.2, -0.15) is 0 Å². The summed E-state index contributed by atoms with van der Waals surface area (Å²) in [5.74, 6) is -0.354. The molecule has 0 fully saturated rings. The van der Waals surface area contributed by atoms with Gasteiger partial charge in [-0.3, -0.25) is 4.57 Å². The van der Waals surface area contributed by atoms with Gasteiger partial charge in [0.1, 0.15) is 11.6 Å². The van der Waals surface area contributed by atoms with E-state index in [1.54, 1.807) is 0 Å². The van der Waals surface area contributed by atoms with Gasteiger partial charge in [-0.1, -0.05) is 62.6 Å². The highest BCUT2D eigenvalue weighted by atomic mass is 31.2.